The fraction of sp³-hybridized carbons (Fsp3) is 0.429. The summed E-state index contributed by atoms with van der Waals surface area (Å²) in [6.45, 7) is 2.55. The van der Waals surface area contributed by atoms with Crippen molar-refractivity contribution in [2.45, 2.75) is 13.3 Å². The van der Waals surface area contributed by atoms with Crippen LogP contribution in [0.1, 0.15) is 23.7 Å². The molecule has 0 fully saturated rings. The molecule has 0 saturated heterocycles. The predicted molar refractivity (Wildman–Crippen MR) is 73.0 cm³/mol. The first-order valence-electron chi connectivity index (χ1n) is 6.24. The van der Waals surface area contributed by atoms with Crippen molar-refractivity contribution in [1.29, 1.82) is 0 Å². The van der Waals surface area contributed by atoms with Gasteiger partial charge in [-0.25, -0.2) is 0 Å². The number of carbonyl (C=O) groups is 2. The van der Waals surface area contributed by atoms with Crippen molar-refractivity contribution < 1.29 is 14.7 Å². The van der Waals surface area contributed by atoms with Gasteiger partial charge in [-0.1, -0.05) is 6.92 Å². The molecule has 0 saturated carbocycles. The van der Waals surface area contributed by atoms with E-state index in [4.69, 9.17) is 0 Å². The van der Waals surface area contributed by atoms with Gasteiger partial charge in [-0.15, -0.1) is 0 Å². The molecular formula is C14H20N2O3. The monoisotopic (exact) mass is 264 g/mol. The molecule has 1 aromatic carbocycles. The summed E-state index contributed by atoms with van der Waals surface area (Å²) in [6, 6.07) is 6.04. The number of hydrogen-bond acceptors (Lipinski definition) is 3. The molecule has 0 spiro atoms. The Morgan fingerprint density at radius 3 is 2.21 bits per heavy atom. The van der Waals surface area contributed by atoms with Gasteiger partial charge >= 0.3 is 0 Å². The van der Waals surface area contributed by atoms with Crippen molar-refractivity contribution in [3.8, 4) is 5.75 Å². The minimum Gasteiger partial charge on any atom is -0.508 e. The highest BCUT2D eigenvalue weighted by molar-refractivity contribution is 5.96. The van der Waals surface area contributed by atoms with Gasteiger partial charge in [0.15, 0.2) is 0 Å². The van der Waals surface area contributed by atoms with Gasteiger partial charge in [0.2, 0.25) is 5.91 Å². The van der Waals surface area contributed by atoms with Crippen molar-refractivity contribution >= 4 is 11.8 Å². The van der Waals surface area contributed by atoms with Crippen molar-refractivity contribution in [3.63, 3.8) is 0 Å². The van der Waals surface area contributed by atoms with Gasteiger partial charge in [-0.05, 0) is 30.7 Å². The van der Waals surface area contributed by atoms with Crippen LogP contribution in [0.4, 0.5) is 0 Å². The van der Waals surface area contributed by atoms with E-state index in [9.17, 15) is 14.7 Å². The molecule has 0 radical (unpaired) electrons. The maximum Gasteiger partial charge on any atom is 0.254 e. The maximum atomic E-state index is 12.3. The van der Waals surface area contributed by atoms with Gasteiger partial charge in [-0.3, -0.25) is 9.59 Å². The predicted octanol–water partition coefficient (Wildman–Crippen LogP) is 1.33. The lowest BCUT2D eigenvalue weighted by atomic mass is 10.2. The Bertz CT molecular complexity index is 441. The molecule has 0 bridgehead atoms. The van der Waals surface area contributed by atoms with E-state index in [-0.39, 0.29) is 24.1 Å². The molecule has 0 aliphatic carbocycles. The number of carbonyl (C=O) groups excluding carboxylic acids is 2. The SMILES string of the molecule is CCCN(CC(=O)N(C)C)C(=O)c1ccc(O)cc1. The van der Waals surface area contributed by atoms with Crippen LogP contribution in [-0.4, -0.2) is 53.9 Å². The number of likely N-dealkylation sites (N-methyl/N-ethyl adjacent to an activating group) is 1. The molecule has 0 aliphatic rings. The van der Waals surface area contributed by atoms with Crippen LogP contribution in [0.5, 0.6) is 5.75 Å². The largest absolute Gasteiger partial charge is 0.508 e. The average Bonchev–Trinajstić information content (AvgIpc) is 2.38. The van der Waals surface area contributed by atoms with Crippen molar-refractivity contribution in [3.05, 3.63) is 29.8 Å². The summed E-state index contributed by atoms with van der Waals surface area (Å²) in [7, 11) is 3.33. The molecule has 2 amide bonds. The van der Waals surface area contributed by atoms with Gasteiger partial charge in [0.25, 0.3) is 5.91 Å². The minimum atomic E-state index is -0.197. The molecule has 0 aromatic heterocycles. The molecule has 5 nitrogen and oxygen atoms in total. The Kier molecular flexibility index (Phi) is 5.36. The van der Waals surface area contributed by atoms with Gasteiger partial charge in [0.1, 0.15) is 12.3 Å². The molecule has 1 N–H and O–H groups in total. The lowest BCUT2D eigenvalue weighted by molar-refractivity contribution is -0.129. The van der Waals surface area contributed by atoms with E-state index in [2.05, 4.69) is 0 Å². The fourth-order valence-corrected chi connectivity index (χ4v) is 1.61. The average molecular weight is 264 g/mol. The summed E-state index contributed by atoms with van der Waals surface area (Å²) in [5.41, 5.74) is 0.470. The van der Waals surface area contributed by atoms with Gasteiger partial charge in [0, 0.05) is 26.2 Å². The van der Waals surface area contributed by atoms with Crippen molar-refractivity contribution in [2.24, 2.45) is 0 Å². The fourth-order valence-electron chi connectivity index (χ4n) is 1.61. The molecule has 104 valence electrons. The third kappa shape index (κ3) is 4.28. The number of phenols is 1. The van der Waals surface area contributed by atoms with E-state index in [1.54, 1.807) is 26.2 Å². The van der Waals surface area contributed by atoms with Crippen LogP contribution in [0, 0.1) is 0 Å². The number of amides is 2. The zero-order valence-corrected chi connectivity index (χ0v) is 11.6. The van der Waals surface area contributed by atoms with E-state index in [0.717, 1.165) is 6.42 Å². The third-order valence-corrected chi connectivity index (χ3v) is 2.72. The molecule has 1 rings (SSSR count). The Morgan fingerprint density at radius 1 is 1.16 bits per heavy atom. The molecular weight excluding hydrogens is 244 g/mol. The van der Waals surface area contributed by atoms with Crippen LogP contribution in [0.3, 0.4) is 0 Å². The van der Waals surface area contributed by atoms with Crippen LogP contribution >= 0.6 is 0 Å². The van der Waals surface area contributed by atoms with Crippen molar-refractivity contribution in [2.75, 3.05) is 27.2 Å². The van der Waals surface area contributed by atoms with E-state index in [0.29, 0.717) is 12.1 Å². The van der Waals surface area contributed by atoms with Crippen molar-refractivity contribution in [1.82, 2.24) is 9.80 Å². The van der Waals surface area contributed by atoms with E-state index in [1.165, 1.54) is 21.9 Å². The summed E-state index contributed by atoms with van der Waals surface area (Å²) in [5.74, 6) is -0.194. The van der Waals surface area contributed by atoms with Crippen LogP contribution in [0.25, 0.3) is 0 Å². The quantitative estimate of drug-likeness (QED) is 0.873. The Balaban J connectivity index is 2.83. The lowest BCUT2D eigenvalue weighted by Crippen LogP contribution is -2.40. The topological polar surface area (TPSA) is 60.9 Å². The summed E-state index contributed by atoms with van der Waals surface area (Å²) in [6.07, 6.45) is 0.782. The number of phenolic OH excluding ortho intramolecular Hbond substituents is 1. The van der Waals surface area contributed by atoms with Crippen LogP contribution < -0.4 is 0 Å². The highest BCUT2D eigenvalue weighted by Gasteiger charge is 2.18. The summed E-state index contributed by atoms with van der Waals surface area (Å²) < 4.78 is 0. The second-order valence-corrected chi connectivity index (χ2v) is 4.56. The molecule has 5 heteroatoms. The number of rotatable bonds is 5. The Hall–Kier alpha value is -2.04. The lowest BCUT2D eigenvalue weighted by Gasteiger charge is -2.23. The molecule has 0 heterocycles. The minimum absolute atomic E-state index is 0.0700. The first kappa shape index (κ1) is 15.0. The summed E-state index contributed by atoms with van der Waals surface area (Å²) in [5, 5.41) is 9.21. The summed E-state index contributed by atoms with van der Waals surface area (Å²) in [4.78, 5) is 27.0. The smallest absolute Gasteiger partial charge is 0.254 e. The zero-order valence-electron chi connectivity index (χ0n) is 11.6. The summed E-state index contributed by atoms with van der Waals surface area (Å²) >= 11 is 0. The normalized spacial score (nSPS) is 10.1. The van der Waals surface area contributed by atoms with Gasteiger partial charge in [0.05, 0.1) is 0 Å². The van der Waals surface area contributed by atoms with E-state index in [1.807, 2.05) is 6.92 Å². The second-order valence-electron chi connectivity index (χ2n) is 4.56. The molecule has 0 unspecified atom stereocenters. The standard InChI is InChI=1S/C14H20N2O3/c1-4-9-16(10-13(18)15(2)3)14(19)11-5-7-12(17)8-6-11/h5-8,17H,4,9-10H2,1-3H3. The highest BCUT2D eigenvalue weighted by atomic mass is 16.3. The molecule has 19 heavy (non-hydrogen) atoms. The third-order valence-electron chi connectivity index (χ3n) is 2.72. The van der Waals surface area contributed by atoms with Gasteiger partial charge in [-0.2, -0.15) is 0 Å². The Morgan fingerprint density at radius 2 is 1.74 bits per heavy atom. The first-order chi connectivity index (χ1) is 8.95. The van der Waals surface area contributed by atoms with Gasteiger partial charge < -0.3 is 14.9 Å². The second kappa shape index (κ2) is 6.78. The Labute approximate surface area is 113 Å². The molecule has 1 aromatic rings. The zero-order chi connectivity index (χ0) is 14.4. The van der Waals surface area contributed by atoms with Crippen LogP contribution in [0.15, 0.2) is 24.3 Å². The van der Waals surface area contributed by atoms with E-state index < -0.39 is 0 Å². The number of aromatic hydroxyl groups is 1. The molecule has 0 atom stereocenters. The van der Waals surface area contributed by atoms with E-state index >= 15 is 0 Å². The maximum absolute atomic E-state index is 12.3. The number of nitrogens with zero attached hydrogens (tertiary/aromatic N) is 2. The number of benzene rings is 1. The van der Waals surface area contributed by atoms with Crippen LogP contribution in [-0.2, 0) is 4.79 Å². The highest BCUT2D eigenvalue weighted by Crippen LogP contribution is 2.12. The van der Waals surface area contributed by atoms with Crippen LogP contribution in [0.2, 0.25) is 0 Å². The first-order valence-corrected chi connectivity index (χ1v) is 6.24. The number of hydrogen-bond donors (Lipinski definition) is 1. The molecule has 0 aliphatic heterocycles.